The van der Waals surface area contributed by atoms with Crippen LogP contribution in [0.3, 0.4) is 0 Å². The smallest absolute Gasteiger partial charge is 0.287 e. The first-order chi connectivity index (χ1) is 8.72. The van der Waals surface area contributed by atoms with Gasteiger partial charge >= 0.3 is 0 Å². The molecule has 0 saturated carbocycles. The molecule has 0 aliphatic carbocycles. The lowest BCUT2D eigenvalue weighted by Gasteiger charge is -2.26. The van der Waals surface area contributed by atoms with Crippen LogP contribution in [-0.2, 0) is 0 Å². The molecule has 2 aromatic heterocycles. The van der Waals surface area contributed by atoms with E-state index in [1.165, 1.54) is 0 Å². The van der Waals surface area contributed by atoms with Gasteiger partial charge in [0.15, 0.2) is 11.3 Å². The first-order valence-electron chi connectivity index (χ1n) is 6.08. The summed E-state index contributed by atoms with van der Waals surface area (Å²) in [6.45, 7) is 4.55. The largest absolute Gasteiger partial charge is 0.449 e. The Kier molecular flexibility index (Phi) is 5.80. The minimum atomic E-state index is -0.169. The van der Waals surface area contributed by atoms with E-state index in [1.54, 1.807) is 6.07 Å². The number of rotatable bonds is 3. The summed E-state index contributed by atoms with van der Waals surface area (Å²) in [6, 6.07) is 5.40. The van der Waals surface area contributed by atoms with Crippen molar-refractivity contribution < 1.29 is 9.21 Å². The molecule has 2 N–H and O–H groups in total. The molecule has 1 saturated heterocycles. The van der Waals surface area contributed by atoms with Gasteiger partial charge in [0.25, 0.3) is 5.91 Å². The number of hydrogen-bond acceptors (Lipinski definition) is 4. The fourth-order valence-electron chi connectivity index (χ4n) is 1.95. The van der Waals surface area contributed by atoms with E-state index in [1.807, 2.05) is 19.1 Å². The standard InChI is InChI=1S/C13H15N3O2.2ClH/c1-8-2-3-11-10(16-8)4-12(18-11)13(17)15-7-9-5-14-6-9;;/h2-4,9,14H,5-7H2,1H3,(H,15,17);2*1H. The molecule has 7 heteroatoms. The van der Waals surface area contributed by atoms with Crippen LogP contribution in [0.2, 0.25) is 0 Å². The van der Waals surface area contributed by atoms with Gasteiger partial charge in [0, 0.05) is 37.3 Å². The molecule has 110 valence electrons. The highest BCUT2D eigenvalue weighted by Crippen LogP contribution is 2.17. The lowest BCUT2D eigenvalue weighted by molar-refractivity contribution is 0.0916. The van der Waals surface area contributed by atoms with Gasteiger partial charge in [0.1, 0.15) is 5.52 Å². The second kappa shape index (κ2) is 6.92. The number of carbonyl (C=O) groups excluding carboxylic acids is 1. The predicted molar refractivity (Wildman–Crippen MR) is 81.9 cm³/mol. The van der Waals surface area contributed by atoms with Gasteiger partial charge in [-0.05, 0) is 19.1 Å². The number of hydrogen-bond donors (Lipinski definition) is 2. The van der Waals surface area contributed by atoms with Crippen molar-refractivity contribution in [3.63, 3.8) is 0 Å². The number of fused-ring (bicyclic) bond motifs is 1. The molecule has 3 heterocycles. The lowest BCUT2D eigenvalue weighted by Crippen LogP contribution is -2.48. The number of furan rings is 1. The van der Waals surface area contributed by atoms with E-state index in [0.29, 0.717) is 23.8 Å². The summed E-state index contributed by atoms with van der Waals surface area (Å²) >= 11 is 0. The zero-order chi connectivity index (χ0) is 12.5. The number of carbonyl (C=O) groups is 1. The van der Waals surface area contributed by atoms with Crippen molar-refractivity contribution in [1.29, 1.82) is 0 Å². The molecular formula is C13H17Cl2N3O2. The van der Waals surface area contributed by atoms with Crippen LogP contribution in [0.1, 0.15) is 16.2 Å². The van der Waals surface area contributed by atoms with Crippen molar-refractivity contribution in [1.82, 2.24) is 15.6 Å². The normalized spacial score (nSPS) is 14.1. The third-order valence-electron chi connectivity index (χ3n) is 3.15. The molecule has 1 fully saturated rings. The van der Waals surface area contributed by atoms with Gasteiger partial charge in [0.2, 0.25) is 0 Å². The molecule has 0 aromatic carbocycles. The Hall–Kier alpha value is -1.30. The van der Waals surface area contributed by atoms with E-state index in [9.17, 15) is 4.79 Å². The summed E-state index contributed by atoms with van der Waals surface area (Å²) in [5, 5.41) is 6.04. The number of amides is 1. The van der Waals surface area contributed by atoms with Crippen LogP contribution in [0.4, 0.5) is 0 Å². The Morgan fingerprint density at radius 1 is 1.45 bits per heavy atom. The van der Waals surface area contributed by atoms with E-state index < -0.39 is 0 Å². The average Bonchev–Trinajstić information content (AvgIpc) is 2.69. The zero-order valence-corrected chi connectivity index (χ0v) is 12.6. The predicted octanol–water partition coefficient (Wildman–Crippen LogP) is 1.93. The Labute approximate surface area is 129 Å². The van der Waals surface area contributed by atoms with Crippen LogP contribution in [-0.4, -0.2) is 30.5 Å². The van der Waals surface area contributed by atoms with E-state index in [2.05, 4.69) is 15.6 Å². The van der Waals surface area contributed by atoms with Gasteiger partial charge in [-0.25, -0.2) is 4.98 Å². The SMILES string of the molecule is Cc1ccc2oc(C(=O)NCC3CNC3)cc2n1.Cl.Cl. The van der Waals surface area contributed by atoms with Gasteiger partial charge in [-0.1, -0.05) is 0 Å². The van der Waals surface area contributed by atoms with Crippen LogP contribution in [0.15, 0.2) is 22.6 Å². The Morgan fingerprint density at radius 3 is 2.85 bits per heavy atom. The van der Waals surface area contributed by atoms with Crippen LogP contribution < -0.4 is 10.6 Å². The monoisotopic (exact) mass is 317 g/mol. The minimum absolute atomic E-state index is 0. The van der Waals surface area contributed by atoms with Crippen molar-refractivity contribution in [2.75, 3.05) is 19.6 Å². The highest BCUT2D eigenvalue weighted by Gasteiger charge is 2.19. The van der Waals surface area contributed by atoms with E-state index in [-0.39, 0.29) is 30.7 Å². The molecular weight excluding hydrogens is 301 g/mol. The Morgan fingerprint density at radius 2 is 2.20 bits per heavy atom. The summed E-state index contributed by atoms with van der Waals surface area (Å²) in [4.78, 5) is 16.2. The molecule has 0 bridgehead atoms. The molecule has 5 nitrogen and oxygen atoms in total. The zero-order valence-electron chi connectivity index (χ0n) is 11.0. The Balaban J connectivity index is 0.000001000. The van der Waals surface area contributed by atoms with Crippen LogP contribution in [0.25, 0.3) is 11.1 Å². The summed E-state index contributed by atoms with van der Waals surface area (Å²) in [5.74, 6) is 0.701. The maximum Gasteiger partial charge on any atom is 0.287 e. The molecule has 2 aromatic rings. The van der Waals surface area contributed by atoms with Crippen molar-refractivity contribution in [2.45, 2.75) is 6.92 Å². The second-order valence-corrected chi connectivity index (χ2v) is 4.68. The minimum Gasteiger partial charge on any atom is -0.449 e. The molecule has 0 radical (unpaired) electrons. The van der Waals surface area contributed by atoms with Gasteiger partial charge < -0.3 is 15.1 Å². The van der Waals surface area contributed by atoms with E-state index >= 15 is 0 Å². The molecule has 0 spiro atoms. The third kappa shape index (κ3) is 3.42. The van der Waals surface area contributed by atoms with Crippen LogP contribution in [0.5, 0.6) is 0 Å². The molecule has 1 aliphatic rings. The summed E-state index contributed by atoms with van der Waals surface area (Å²) in [7, 11) is 0. The first kappa shape index (κ1) is 16.8. The molecule has 3 rings (SSSR count). The van der Waals surface area contributed by atoms with Crippen molar-refractivity contribution >= 4 is 41.8 Å². The number of nitrogens with one attached hydrogen (secondary N) is 2. The maximum atomic E-state index is 11.9. The van der Waals surface area contributed by atoms with Gasteiger partial charge in [-0.2, -0.15) is 0 Å². The van der Waals surface area contributed by atoms with Crippen molar-refractivity contribution in [3.05, 3.63) is 29.7 Å². The van der Waals surface area contributed by atoms with E-state index in [0.717, 1.165) is 24.3 Å². The molecule has 1 aliphatic heterocycles. The van der Waals surface area contributed by atoms with Gasteiger partial charge in [-0.3, -0.25) is 4.79 Å². The number of pyridine rings is 1. The lowest BCUT2D eigenvalue weighted by atomic mass is 10.0. The fraction of sp³-hybridized carbons (Fsp3) is 0.385. The highest BCUT2D eigenvalue weighted by molar-refractivity contribution is 5.95. The molecule has 0 atom stereocenters. The van der Waals surface area contributed by atoms with Gasteiger partial charge in [0.05, 0.1) is 0 Å². The second-order valence-electron chi connectivity index (χ2n) is 4.68. The fourth-order valence-corrected chi connectivity index (χ4v) is 1.95. The van der Waals surface area contributed by atoms with Crippen molar-refractivity contribution in [3.8, 4) is 0 Å². The third-order valence-corrected chi connectivity index (χ3v) is 3.15. The van der Waals surface area contributed by atoms with Crippen LogP contribution in [0, 0.1) is 12.8 Å². The summed E-state index contributed by atoms with van der Waals surface area (Å²) < 4.78 is 5.48. The van der Waals surface area contributed by atoms with Gasteiger partial charge in [-0.15, -0.1) is 24.8 Å². The quantitative estimate of drug-likeness (QED) is 0.907. The summed E-state index contributed by atoms with van der Waals surface area (Å²) in [5.41, 5.74) is 2.29. The summed E-state index contributed by atoms with van der Waals surface area (Å²) in [6.07, 6.45) is 0. The average molecular weight is 318 g/mol. The van der Waals surface area contributed by atoms with E-state index in [4.69, 9.17) is 4.42 Å². The number of aromatic nitrogens is 1. The highest BCUT2D eigenvalue weighted by atomic mass is 35.5. The number of aryl methyl sites for hydroxylation is 1. The van der Waals surface area contributed by atoms with Crippen molar-refractivity contribution in [2.24, 2.45) is 5.92 Å². The topological polar surface area (TPSA) is 67.2 Å². The molecule has 1 amide bonds. The Bertz CT molecular complexity index is 596. The number of halogens is 2. The molecule has 20 heavy (non-hydrogen) atoms. The maximum absolute atomic E-state index is 11.9. The number of nitrogens with zero attached hydrogens (tertiary/aromatic N) is 1. The van der Waals surface area contributed by atoms with Crippen LogP contribution >= 0.6 is 24.8 Å². The molecule has 0 unspecified atom stereocenters. The first-order valence-corrected chi connectivity index (χ1v) is 6.08.